The minimum absolute atomic E-state index is 0.0654. The number of rotatable bonds is 1. The molecule has 13 heteroatoms. The molecule has 0 unspecified atom stereocenters. The molecule has 130 valence electrons. The summed E-state index contributed by atoms with van der Waals surface area (Å²) in [5.41, 5.74) is -9.04. The number of aromatic nitrogens is 1. The molecule has 1 aromatic carbocycles. The van der Waals surface area contributed by atoms with Gasteiger partial charge in [-0.2, -0.15) is 30.9 Å². The van der Waals surface area contributed by atoms with Crippen molar-refractivity contribution in [3.05, 3.63) is 24.3 Å². The summed E-state index contributed by atoms with van der Waals surface area (Å²) in [7, 11) is -4.44. The Morgan fingerprint density at radius 3 is 2.00 bits per heavy atom. The van der Waals surface area contributed by atoms with Gasteiger partial charge in [0.1, 0.15) is 11.7 Å². The monoisotopic (exact) mass is 399 g/mol. The molecule has 0 saturated carbocycles. The van der Waals surface area contributed by atoms with Crippen LogP contribution in [0.5, 0.6) is 0 Å². The second kappa shape index (κ2) is 6.83. The van der Waals surface area contributed by atoms with E-state index in [0.29, 0.717) is 0 Å². The molecular formula is C10H7F6NO3S3. The number of benzene rings is 1. The molecule has 1 heterocycles. The van der Waals surface area contributed by atoms with E-state index in [9.17, 15) is 26.3 Å². The molecular weight excluding hydrogens is 392 g/mol. The highest BCUT2D eigenvalue weighted by atomic mass is 32.2. The fourth-order valence-electron chi connectivity index (χ4n) is 1.27. The van der Waals surface area contributed by atoms with E-state index in [1.807, 2.05) is 24.3 Å². The molecule has 2 rings (SSSR count). The van der Waals surface area contributed by atoms with Crippen LogP contribution in [0.25, 0.3) is 10.2 Å². The van der Waals surface area contributed by atoms with Gasteiger partial charge in [-0.3, -0.25) is 0 Å². The largest absolute Gasteiger partial charge is 0.741 e. The standard InChI is InChI=1S/C9H7F3NS2.CHF3O3S/c1-13-6-4-2-3-5-7(6)14-8(13)15-9(10,11)12;2-1(3,4)8(5,6)7/h2-5H,1H3;(H,5,6,7)/q+1;/p-1. The van der Waals surface area contributed by atoms with Crippen molar-refractivity contribution in [1.82, 2.24) is 0 Å². The topological polar surface area (TPSA) is 61.1 Å². The Balaban J connectivity index is 0.000000284. The maximum Gasteiger partial charge on any atom is 0.485 e. The van der Waals surface area contributed by atoms with Gasteiger partial charge >= 0.3 is 15.4 Å². The number of alkyl halides is 6. The number of halogens is 6. The molecule has 0 bridgehead atoms. The third-order valence-corrected chi connectivity index (χ3v) is 4.94. The average Bonchev–Trinajstić information content (AvgIpc) is 2.63. The lowest BCUT2D eigenvalue weighted by molar-refractivity contribution is -0.677. The Kier molecular flexibility index (Phi) is 5.93. The highest BCUT2D eigenvalue weighted by Gasteiger charge is 2.37. The van der Waals surface area contributed by atoms with Crippen LogP contribution in [0, 0.1) is 0 Å². The third kappa shape index (κ3) is 5.82. The van der Waals surface area contributed by atoms with E-state index in [0.717, 1.165) is 21.6 Å². The van der Waals surface area contributed by atoms with Crippen molar-refractivity contribution in [1.29, 1.82) is 0 Å². The second-order valence-corrected chi connectivity index (χ2v) is 7.56. The number of para-hydroxylation sites is 1. The lowest BCUT2D eigenvalue weighted by Crippen LogP contribution is -2.29. The van der Waals surface area contributed by atoms with E-state index in [2.05, 4.69) is 0 Å². The quantitative estimate of drug-likeness (QED) is 0.243. The highest BCUT2D eigenvalue weighted by molar-refractivity contribution is 8.01. The van der Waals surface area contributed by atoms with E-state index in [1.165, 1.54) is 0 Å². The number of hydrogen-bond acceptors (Lipinski definition) is 5. The number of thiazole rings is 1. The zero-order valence-corrected chi connectivity index (χ0v) is 13.4. The molecule has 4 nitrogen and oxygen atoms in total. The first kappa shape index (κ1) is 20.0. The number of thioether (sulfide) groups is 1. The van der Waals surface area contributed by atoms with Crippen LogP contribution in [0.15, 0.2) is 28.6 Å². The van der Waals surface area contributed by atoms with Crippen molar-refractivity contribution in [2.24, 2.45) is 7.05 Å². The molecule has 2 aromatic rings. The number of aryl methyl sites for hydroxylation is 1. The summed E-state index contributed by atoms with van der Waals surface area (Å²) < 4.78 is 98.2. The zero-order chi connectivity index (χ0) is 18.1. The van der Waals surface area contributed by atoms with E-state index in [4.69, 9.17) is 13.0 Å². The van der Waals surface area contributed by atoms with Crippen molar-refractivity contribution in [3.63, 3.8) is 0 Å². The van der Waals surface area contributed by atoms with Crippen LogP contribution in [0.1, 0.15) is 0 Å². The predicted octanol–water partition coefficient (Wildman–Crippen LogP) is 3.39. The summed E-state index contributed by atoms with van der Waals surface area (Å²) in [6.07, 6.45) is 0. The van der Waals surface area contributed by atoms with E-state index >= 15 is 0 Å². The molecule has 0 aliphatic heterocycles. The molecule has 0 amide bonds. The van der Waals surface area contributed by atoms with Gasteiger partial charge in [0, 0.05) is 6.07 Å². The van der Waals surface area contributed by atoms with Crippen LogP contribution < -0.4 is 4.57 Å². The summed E-state index contributed by atoms with van der Waals surface area (Å²) >= 11 is 1.09. The summed E-state index contributed by atoms with van der Waals surface area (Å²) in [5.74, 6) is 0. The highest BCUT2D eigenvalue weighted by Crippen LogP contribution is 2.39. The molecule has 0 aliphatic carbocycles. The molecule has 1 aromatic heterocycles. The molecule has 0 radical (unpaired) electrons. The van der Waals surface area contributed by atoms with E-state index < -0.39 is 21.1 Å². The van der Waals surface area contributed by atoms with Gasteiger partial charge in [0.15, 0.2) is 10.1 Å². The van der Waals surface area contributed by atoms with Crippen LogP contribution in [-0.4, -0.2) is 24.0 Å². The maximum absolute atomic E-state index is 12.2. The van der Waals surface area contributed by atoms with Gasteiger partial charge in [0.2, 0.25) is 5.52 Å². The number of hydrogen-bond donors (Lipinski definition) is 0. The first-order chi connectivity index (χ1) is 10.2. The maximum atomic E-state index is 12.2. The molecule has 0 fully saturated rings. The lowest BCUT2D eigenvalue weighted by Gasteiger charge is -2.08. The van der Waals surface area contributed by atoms with Crippen LogP contribution >= 0.6 is 23.1 Å². The number of fused-ring (bicyclic) bond motifs is 1. The fraction of sp³-hybridized carbons (Fsp3) is 0.300. The Morgan fingerprint density at radius 1 is 1.13 bits per heavy atom. The van der Waals surface area contributed by atoms with Gasteiger partial charge in [-0.05, 0) is 6.07 Å². The van der Waals surface area contributed by atoms with Crippen LogP contribution in [0.2, 0.25) is 0 Å². The molecule has 0 aliphatic rings. The third-order valence-electron chi connectivity index (χ3n) is 2.18. The van der Waals surface area contributed by atoms with E-state index in [1.54, 1.807) is 11.6 Å². The second-order valence-electron chi connectivity index (χ2n) is 3.84. The lowest BCUT2D eigenvalue weighted by atomic mass is 10.3. The molecule has 0 atom stereocenters. The molecule has 0 saturated heterocycles. The smallest absolute Gasteiger partial charge is 0.485 e. The van der Waals surface area contributed by atoms with Crippen molar-refractivity contribution in [2.75, 3.05) is 0 Å². The van der Waals surface area contributed by atoms with Crippen molar-refractivity contribution in [2.45, 2.75) is 15.4 Å². The Bertz CT molecular complexity index is 781. The minimum Gasteiger partial charge on any atom is -0.741 e. The van der Waals surface area contributed by atoms with Crippen LogP contribution in [0.4, 0.5) is 26.3 Å². The normalized spacial score (nSPS) is 12.9. The van der Waals surface area contributed by atoms with Gasteiger partial charge in [0.05, 0.1) is 11.8 Å². The summed E-state index contributed by atoms with van der Waals surface area (Å²) in [5, 5.41) is 0. The van der Waals surface area contributed by atoms with Gasteiger partial charge in [0.25, 0.3) is 0 Å². The van der Waals surface area contributed by atoms with Crippen molar-refractivity contribution < 1.29 is 43.9 Å². The SMILES string of the molecule is C[n+]1c(SC(F)(F)F)sc2ccccc21.O=S(=O)([O-])C(F)(F)F. The Labute approximate surface area is 134 Å². The average molecular weight is 399 g/mol. The first-order valence-electron chi connectivity index (χ1n) is 5.38. The number of nitrogens with zero attached hydrogens (tertiary/aromatic N) is 1. The minimum atomic E-state index is -6.09. The van der Waals surface area contributed by atoms with Gasteiger partial charge in [-0.15, -0.1) is 0 Å². The van der Waals surface area contributed by atoms with Crippen LogP contribution in [-0.2, 0) is 17.2 Å². The van der Waals surface area contributed by atoms with Gasteiger partial charge in [-0.1, -0.05) is 23.5 Å². The van der Waals surface area contributed by atoms with Crippen molar-refractivity contribution in [3.8, 4) is 0 Å². The van der Waals surface area contributed by atoms with Crippen molar-refractivity contribution >= 4 is 43.4 Å². The first-order valence-corrected chi connectivity index (χ1v) is 8.42. The molecule has 0 spiro atoms. The summed E-state index contributed by atoms with van der Waals surface area (Å²) in [6, 6.07) is 7.27. The summed E-state index contributed by atoms with van der Waals surface area (Å²) in [6.45, 7) is 0. The van der Waals surface area contributed by atoms with Gasteiger partial charge < -0.3 is 4.55 Å². The van der Waals surface area contributed by atoms with Gasteiger partial charge in [-0.25, -0.2) is 8.42 Å². The summed E-state index contributed by atoms with van der Waals surface area (Å²) in [4.78, 5) is 0. The Hall–Kier alpha value is -1.05. The Morgan fingerprint density at radius 2 is 1.61 bits per heavy atom. The predicted molar refractivity (Wildman–Crippen MR) is 70.7 cm³/mol. The van der Waals surface area contributed by atoms with Crippen LogP contribution in [0.3, 0.4) is 0 Å². The molecule has 23 heavy (non-hydrogen) atoms. The molecule has 0 N–H and O–H groups in total. The zero-order valence-electron chi connectivity index (χ0n) is 11.0. The van der Waals surface area contributed by atoms with E-state index in [-0.39, 0.29) is 16.1 Å². The fourth-order valence-corrected chi connectivity index (χ4v) is 3.30.